The molecule has 0 bridgehead atoms. The first-order chi connectivity index (χ1) is 17.4. The van der Waals surface area contributed by atoms with Crippen molar-refractivity contribution in [3.8, 4) is 11.4 Å². The second-order valence-corrected chi connectivity index (χ2v) is 12.0. The summed E-state index contributed by atoms with van der Waals surface area (Å²) in [4.78, 5) is 18.6. The van der Waals surface area contributed by atoms with E-state index in [1.165, 1.54) is 15.9 Å². The van der Waals surface area contributed by atoms with Gasteiger partial charge in [0.2, 0.25) is 10.0 Å². The third kappa shape index (κ3) is 5.17. The molecule has 0 aliphatic rings. The van der Waals surface area contributed by atoms with Gasteiger partial charge in [-0.2, -0.15) is 4.31 Å². The molecular weight excluding hydrogens is 486 g/mol. The smallest absolute Gasteiger partial charge is 0.266 e. The number of aromatic nitrogens is 2. The van der Waals surface area contributed by atoms with Gasteiger partial charge >= 0.3 is 0 Å². The lowest BCUT2D eigenvalue weighted by Crippen LogP contribution is -2.35. The normalized spacial score (nSPS) is 13.2. The van der Waals surface area contributed by atoms with Crippen LogP contribution in [0.15, 0.2) is 82.5 Å². The molecule has 0 saturated carbocycles. The van der Waals surface area contributed by atoms with Gasteiger partial charge in [0.05, 0.1) is 34.1 Å². The van der Waals surface area contributed by atoms with E-state index in [0.29, 0.717) is 34.8 Å². The van der Waals surface area contributed by atoms with Crippen LogP contribution in [0.5, 0.6) is 5.75 Å². The highest BCUT2D eigenvalue weighted by atomic mass is 32.2. The van der Waals surface area contributed by atoms with E-state index in [4.69, 9.17) is 9.72 Å². The summed E-state index contributed by atoms with van der Waals surface area (Å²) in [6.45, 7) is 10.4. The van der Waals surface area contributed by atoms with Gasteiger partial charge in [0.15, 0.2) is 0 Å². The fourth-order valence-corrected chi connectivity index (χ4v) is 5.52. The van der Waals surface area contributed by atoms with Crippen molar-refractivity contribution in [1.82, 2.24) is 13.9 Å². The predicted molar refractivity (Wildman–Crippen MR) is 147 cm³/mol. The van der Waals surface area contributed by atoms with Crippen LogP contribution >= 0.6 is 0 Å². The lowest BCUT2D eigenvalue weighted by Gasteiger charge is -2.27. The minimum Gasteiger partial charge on any atom is -0.494 e. The molecule has 3 aromatic carbocycles. The second-order valence-electron chi connectivity index (χ2n) is 10.0. The molecular formula is C29H33N3O4S. The molecule has 0 aliphatic heterocycles. The van der Waals surface area contributed by atoms with Crippen molar-refractivity contribution in [2.24, 2.45) is 0 Å². The number of hydrogen-bond donors (Lipinski definition) is 0. The molecule has 0 spiro atoms. The molecule has 4 aromatic rings. The number of sulfonamides is 1. The van der Waals surface area contributed by atoms with Crippen LogP contribution in [0, 0.1) is 0 Å². The topological polar surface area (TPSA) is 81.5 Å². The third-order valence-electron chi connectivity index (χ3n) is 6.52. The van der Waals surface area contributed by atoms with E-state index in [2.05, 4.69) is 20.8 Å². The van der Waals surface area contributed by atoms with Gasteiger partial charge in [-0.15, -0.1) is 0 Å². The fourth-order valence-electron chi connectivity index (χ4n) is 4.20. The molecule has 1 aromatic heterocycles. The summed E-state index contributed by atoms with van der Waals surface area (Å²) in [7, 11) is -2.35. The van der Waals surface area contributed by atoms with Crippen LogP contribution in [0.2, 0.25) is 0 Å². The molecule has 0 amide bonds. The maximum Gasteiger partial charge on any atom is 0.266 e. The number of para-hydroxylation sites is 1. The van der Waals surface area contributed by atoms with Crippen molar-refractivity contribution in [2.45, 2.75) is 51.0 Å². The molecule has 0 aliphatic carbocycles. The third-order valence-corrected chi connectivity index (χ3v) is 8.47. The molecule has 8 heteroatoms. The second kappa shape index (κ2) is 10.1. The van der Waals surface area contributed by atoms with E-state index in [-0.39, 0.29) is 15.9 Å². The number of ether oxygens (including phenoxy) is 1. The Morgan fingerprint density at radius 1 is 0.973 bits per heavy atom. The van der Waals surface area contributed by atoms with Gasteiger partial charge in [-0.25, -0.2) is 13.4 Å². The van der Waals surface area contributed by atoms with Crippen LogP contribution in [0.25, 0.3) is 16.6 Å². The number of fused-ring (bicyclic) bond motifs is 1. The molecule has 0 fully saturated rings. The Kier molecular flexibility index (Phi) is 7.26. The highest BCUT2D eigenvalue weighted by Gasteiger charge is 2.30. The summed E-state index contributed by atoms with van der Waals surface area (Å²) in [6, 6.07) is 20.4. The van der Waals surface area contributed by atoms with Gasteiger partial charge in [-0.05, 0) is 73.4 Å². The molecule has 4 rings (SSSR count). The molecule has 37 heavy (non-hydrogen) atoms. The monoisotopic (exact) mass is 519 g/mol. The zero-order valence-electron chi connectivity index (χ0n) is 22.1. The Hall–Kier alpha value is -3.49. The maximum absolute atomic E-state index is 13.7. The summed E-state index contributed by atoms with van der Waals surface area (Å²) in [5.41, 5.74) is 1.77. The van der Waals surface area contributed by atoms with E-state index in [0.717, 1.165) is 5.56 Å². The van der Waals surface area contributed by atoms with Gasteiger partial charge < -0.3 is 4.74 Å². The Labute approximate surface area is 218 Å². The number of benzene rings is 3. The molecule has 7 nitrogen and oxygen atoms in total. The quantitative estimate of drug-likeness (QED) is 0.324. The first-order valence-electron chi connectivity index (χ1n) is 12.3. The Morgan fingerprint density at radius 3 is 2.19 bits per heavy atom. The summed E-state index contributed by atoms with van der Waals surface area (Å²) >= 11 is 0. The number of hydrogen-bond acceptors (Lipinski definition) is 5. The summed E-state index contributed by atoms with van der Waals surface area (Å²) in [6.07, 6.45) is 0. The molecule has 0 N–H and O–H groups in total. The van der Waals surface area contributed by atoms with Crippen molar-refractivity contribution >= 4 is 20.9 Å². The van der Waals surface area contributed by atoms with Crippen LogP contribution in [0.4, 0.5) is 0 Å². The van der Waals surface area contributed by atoms with Crippen molar-refractivity contribution < 1.29 is 13.2 Å². The van der Waals surface area contributed by atoms with E-state index in [9.17, 15) is 13.2 Å². The van der Waals surface area contributed by atoms with Crippen LogP contribution in [-0.4, -0.2) is 35.9 Å². The molecule has 194 valence electrons. The molecule has 1 heterocycles. The van der Waals surface area contributed by atoms with Crippen LogP contribution in [-0.2, 0) is 15.4 Å². The molecule has 1 atom stereocenters. The SMILES string of the molecule is CCOc1ccc(-n2c(C(C)N(C)S(=O)(=O)c3ccc(C(C)(C)C)cc3)nc3ccccc3c2=O)cc1. The Bertz CT molecular complexity index is 1570. The average molecular weight is 520 g/mol. The first kappa shape index (κ1) is 26.6. The highest BCUT2D eigenvalue weighted by Crippen LogP contribution is 2.29. The Balaban J connectivity index is 1.82. The van der Waals surface area contributed by atoms with Gasteiger partial charge in [-0.3, -0.25) is 9.36 Å². The van der Waals surface area contributed by atoms with Crippen LogP contribution in [0.1, 0.15) is 52.0 Å². The lowest BCUT2D eigenvalue weighted by atomic mass is 9.87. The predicted octanol–water partition coefficient (Wildman–Crippen LogP) is 5.46. The van der Waals surface area contributed by atoms with E-state index < -0.39 is 16.1 Å². The maximum atomic E-state index is 13.7. The minimum absolute atomic E-state index is 0.0930. The highest BCUT2D eigenvalue weighted by molar-refractivity contribution is 7.89. The molecule has 1 unspecified atom stereocenters. The fraction of sp³-hybridized carbons (Fsp3) is 0.310. The molecule has 0 saturated heterocycles. The number of rotatable bonds is 7. The first-order valence-corrected chi connectivity index (χ1v) is 13.7. The average Bonchev–Trinajstić information content (AvgIpc) is 2.88. The number of nitrogens with zero attached hydrogens (tertiary/aromatic N) is 3. The van der Waals surface area contributed by atoms with Gasteiger partial charge in [0.1, 0.15) is 11.6 Å². The van der Waals surface area contributed by atoms with Gasteiger partial charge in [0.25, 0.3) is 5.56 Å². The largest absolute Gasteiger partial charge is 0.494 e. The zero-order chi connectivity index (χ0) is 27.0. The summed E-state index contributed by atoms with van der Waals surface area (Å²) < 4.78 is 35.5. The standard InChI is InChI=1S/C29H33N3O4S/c1-7-36-23-16-14-22(15-17-23)32-27(30-26-11-9-8-10-25(26)28(32)33)20(2)31(6)37(34,35)24-18-12-21(13-19-24)29(3,4)5/h8-20H,7H2,1-6H3. The Morgan fingerprint density at radius 2 is 1.59 bits per heavy atom. The van der Waals surface area contributed by atoms with E-state index in [1.54, 1.807) is 61.5 Å². The summed E-state index contributed by atoms with van der Waals surface area (Å²) in [5.74, 6) is 1.01. The van der Waals surface area contributed by atoms with E-state index >= 15 is 0 Å². The van der Waals surface area contributed by atoms with Crippen molar-refractivity contribution in [1.29, 1.82) is 0 Å². The van der Waals surface area contributed by atoms with Crippen molar-refractivity contribution in [3.63, 3.8) is 0 Å². The van der Waals surface area contributed by atoms with E-state index in [1.807, 2.05) is 25.1 Å². The van der Waals surface area contributed by atoms with Gasteiger partial charge in [-0.1, -0.05) is 45.0 Å². The molecule has 0 radical (unpaired) electrons. The van der Waals surface area contributed by atoms with Crippen molar-refractivity contribution in [3.05, 3.63) is 94.5 Å². The summed E-state index contributed by atoms with van der Waals surface area (Å²) in [5, 5.41) is 0.454. The zero-order valence-corrected chi connectivity index (χ0v) is 22.9. The lowest BCUT2D eigenvalue weighted by molar-refractivity contribution is 0.340. The van der Waals surface area contributed by atoms with Crippen molar-refractivity contribution in [2.75, 3.05) is 13.7 Å². The minimum atomic E-state index is -3.87. The van der Waals surface area contributed by atoms with Gasteiger partial charge in [0, 0.05) is 7.05 Å². The van der Waals surface area contributed by atoms with Crippen LogP contribution < -0.4 is 10.3 Å². The van der Waals surface area contributed by atoms with Crippen LogP contribution in [0.3, 0.4) is 0 Å².